The van der Waals surface area contributed by atoms with Crippen LogP contribution in [0.5, 0.6) is 0 Å². The topological polar surface area (TPSA) is 38.8 Å². The van der Waals surface area contributed by atoms with E-state index < -0.39 is 0 Å². The molecular weight excluding hydrogens is 384 g/mol. The molecule has 5 aliphatic rings. The molecule has 1 spiro atoms. The standard InChI is InChI=1S/C28H46O3/c1-4-5-6-7-8-9-10-20-11-12-23-22(20)13-14-25-24(23)17-26-28(31-26)18-21(30-19(2)29)15-16-27(25,28)3/h20-26H,4-18H2,1-3H3/t20?,21-,22+,23+,24-,25-,26-,27+,28?/m0/s1. The highest BCUT2D eigenvalue weighted by atomic mass is 16.6. The normalized spacial score (nSPS) is 47.6. The van der Waals surface area contributed by atoms with Crippen LogP contribution in [0.4, 0.5) is 0 Å². The molecule has 2 unspecified atom stereocenters. The third kappa shape index (κ3) is 3.79. The second-order valence-corrected chi connectivity index (χ2v) is 12.2. The van der Waals surface area contributed by atoms with Crippen LogP contribution in [0.25, 0.3) is 0 Å². The summed E-state index contributed by atoms with van der Waals surface area (Å²) < 4.78 is 12.2. The van der Waals surface area contributed by atoms with Gasteiger partial charge in [-0.15, -0.1) is 0 Å². The minimum absolute atomic E-state index is 0.0237. The predicted molar refractivity (Wildman–Crippen MR) is 124 cm³/mol. The number of ether oxygens (including phenoxy) is 2. The van der Waals surface area contributed by atoms with Gasteiger partial charge in [0.1, 0.15) is 11.7 Å². The van der Waals surface area contributed by atoms with Crippen molar-refractivity contribution in [2.75, 3.05) is 0 Å². The van der Waals surface area contributed by atoms with E-state index in [-0.39, 0.29) is 17.7 Å². The minimum atomic E-state index is -0.126. The molecule has 0 aromatic rings. The van der Waals surface area contributed by atoms with Crippen molar-refractivity contribution in [3.63, 3.8) is 0 Å². The van der Waals surface area contributed by atoms with Gasteiger partial charge in [0.2, 0.25) is 0 Å². The Morgan fingerprint density at radius 2 is 1.74 bits per heavy atom. The summed E-state index contributed by atoms with van der Waals surface area (Å²) in [5, 5.41) is 0. The van der Waals surface area contributed by atoms with Crippen LogP contribution in [0, 0.1) is 35.0 Å². The summed E-state index contributed by atoms with van der Waals surface area (Å²) in [6.07, 6.45) is 20.9. The summed E-state index contributed by atoms with van der Waals surface area (Å²) in [4.78, 5) is 11.5. The molecule has 1 saturated heterocycles. The molecule has 4 saturated carbocycles. The Balaban J connectivity index is 1.20. The smallest absolute Gasteiger partial charge is 0.302 e. The van der Waals surface area contributed by atoms with Crippen LogP contribution in [0.1, 0.15) is 117 Å². The number of hydrogen-bond acceptors (Lipinski definition) is 3. The lowest BCUT2D eigenvalue weighted by molar-refractivity contribution is -0.155. The molecule has 0 amide bonds. The van der Waals surface area contributed by atoms with Crippen LogP contribution < -0.4 is 0 Å². The van der Waals surface area contributed by atoms with Gasteiger partial charge in [0.15, 0.2) is 0 Å². The number of carbonyl (C=O) groups is 1. The van der Waals surface area contributed by atoms with Crippen LogP contribution in [-0.2, 0) is 14.3 Å². The van der Waals surface area contributed by atoms with Gasteiger partial charge in [-0.2, -0.15) is 0 Å². The number of hydrogen-bond donors (Lipinski definition) is 0. The zero-order valence-corrected chi connectivity index (χ0v) is 20.4. The van der Waals surface area contributed by atoms with Gasteiger partial charge in [0.25, 0.3) is 0 Å². The molecule has 0 bridgehead atoms. The molecule has 0 N–H and O–H groups in total. The SMILES string of the molecule is CCCCCCCCC1CC[C@H]2[C@@H]3C[C@@H]4OC45C[C@@H](OC(C)=O)CC[C@]5(C)[C@H]3CC[C@H]12. The molecule has 0 radical (unpaired) electrons. The van der Waals surface area contributed by atoms with Gasteiger partial charge < -0.3 is 9.47 Å². The molecule has 1 aliphatic heterocycles. The Hall–Kier alpha value is -0.570. The quantitative estimate of drug-likeness (QED) is 0.235. The molecule has 9 atom stereocenters. The van der Waals surface area contributed by atoms with Gasteiger partial charge in [-0.3, -0.25) is 4.79 Å². The zero-order chi connectivity index (χ0) is 21.6. The number of esters is 1. The number of epoxide rings is 1. The van der Waals surface area contributed by atoms with E-state index in [0.717, 1.165) is 42.4 Å². The van der Waals surface area contributed by atoms with Crippen LogP contribution in [-0.4, -0.2) is 23.8 Å². The summed E-state index contributed by atoms with van der Waals surface area (Å²) in [5.74, 6) is 4.58. The molecular formula is C28H46O3. The van der Waals surface area contributed by atoms with Crippen LogP contribution in [0.3, 0.4) is 0 Å². The zero-order valence-electron chi connectivity index (χ0n) is 20.4. The molecule has 176 valence electrons. The second kappa shape index (κ2) is 8.65. The molecule has 0 aromatic carbocycles. The molecule has 0 aromatic heterocycles. The summed E-state index contributed by atoms with van der Waals surface area (Å²) in [6, 6.07) is 0. The molecule has 4 aliphatic carbocycles. The van der Waals surface area contributed by atoms with Crippen molar-refractivity contribution in [2.45, 2.75) is 135 Å². The van der Waals surface area contributed by atoms with Crippen molar-refractivity contribution in [1.82, 2.24) is 0 Å². The lowest BCUT2D eigenvalue weighted by atomic mass is 9.46. The largest absolute Gasteiger partial charge is 0.462 e. The fourth-order valence-corrected chi connectivity index (χ4v) is 9.29. The number of carbonyl (C=O) groups excluding carboxylic acids is 1. The second-order valence-electron chi connectivity index (χ2n) is 12.2. The Kier molecular flexibility index (Phi) is 6.21. The van der Waals surface area contributed by atoms with Gasteiger partial charge in [-0.25, -0.2) is 0 Å². The first-order valence-electron chi connectivity index (χ1n) is 13.8. The first kappa shape index (κ1) is 22.2. The van der Waals surface area contributed by atoms with E-state index in [0.29, 0.717) is 11.5 Å². The summed E-state index contributed by atoms with van der Waals surface area (Å²) in [7, 11) is 0. The van der Waals surface area contributed by atoms with Gasteiger partial charge in [-0.05, 0) is 74.5 Å². The third-order valence-corrected chi connectivity index (χ3v) is 10.8. The Morgan fingerprint density at radius 1 is 0.968 bits per heavy atom. The van der Waals surface area contributed by atoms with Gasteiger partial charge >= 0.3 is 5.97 Å². The van der Waals surface area contributed by atoms with Crippen LogP contribution >= 0.6 is 0 Å². The lowest BCUT2D eigenvalue weighted by Crippen LogP contribution is -2.57. The highest BCUT2D eigenvalue weighted by Gasteiger charge is 2.75. The maximum Gasteiger partial charge on any atom is 0.302 e. The first-order chi connectivity index (χ1) is 15.0. The van der Waals surface area contributed by atoms with Crippen molar-refractivity contribution in [3.8, 4) is 0 Å². The molecule has 1 heterocycles. The van der Waals surface area contributed by atoms with Crippen LogP contribution in [0.15, 0.2) is 0 Å². The highest BCUT2D eigenvalue weighted by molar-refractivity contribution is 5.66. The van der Waals surface area contributed by atoms with E-state index in [1.54, 1.807) is 6.92 Å². The number of unbranched alkanes of at least 4 members (excludes halogenated alkanes) is 5. The predicted octanol–water partition coefficient (Wildman–Crippen LogP) is 7.07. The third-order valence-electron chi connectivity index (χ3n) is 10.8. The van der Waals surface area contributed by atoms with E-state index in [4.69, 9.17) is 9.47 Å². The van der Waals surface area contributed by atoms with E-state index in [9.17, 15) is 4.79 Å². The van der Waals surface area contributed by atoms with Crippen molar-refractivity contribution in [1.29, 1.82) is 0 Å². The van der Waals surface area contributed by atoms with E-state index >= 15 is 0 Å². The van der Waals surface area contributed by atoms with Crippen molar-refractivity contribution in [3.05, 3.63) is 0 Å². The average molecular weight is 431 g/mol. The van der Waals surface area contributed by atoms with Gasteiger partial charge in [0, 0.05) is 18.8 Å². The lowest BCUT2D eigenvalue weighted by Gasteiger charge is -2.57. The van der Waals surface area contributed by atoms with Gasteiger partial charge in [0.05, 0.1) is 6.10 Å². The Bertz CT molecular complexity index is 661. The Morgan fingerprint density at radius 3 is 2.55 bits per heavy atom. The average Bonchev–Trinajstić information content (AvgIpc) is 3.28. The van der Waals surface area contributed by atoms with Gasteiger partial charge in [-0.1, -0.05) is 58.8 Å². The van der Waals surface area contributed by atoms with Crippen molar-refractivity contribution in [2.24, 2.45) is 35.0 Å². The fraction of sp³-hybridized carbons (Fsp3) is 0.964. The van der Waals surface area contributed by atoms with Crippen molar-refractivity contribution >= 4 is 5.97 Å². The molecule has 31 heavy (non-hydrogen) atoms. The van der Waals surface area contributed by atoms with E-state index in [2.05, 4.69) is 13.8 Å². The number of fused-ring (bicyclic) bond motifs is 4. The summed E-state index contributed by atoms with van der Waals surface area (Å²) >= 11 is 0. The highest BCUT2D eigenvalue weighted by Crippen LogP contribution is 2.72. The molecule has 5 fully saturated rings. The summed E-state index contributed by atoms with van der Waals surface area (Å²) in [6.45, 7) is 6.41. The Labute approximate surface area is 190 Å². The maximum absolute atomic E-state index is 11.5. The molecule has 3 nitrogen and oxygen atoms in total. The first-order valence-corrected chi connectivity index (χ1v) is 13.8. The van der Waals surface area contributed by atoms with E-state index in [1.165, 1.54) is 83.5 Å². The fourth-order valence-electron chi connectivity index (χ4n) is 9.29. The monoisotopic (exact) mass is 430 g/mol. The molecule has 5 rings (SSSR count). The maximum atomic E-state index is 11.5. The molecule has 3 heteroatoms. The van der Waals surface area contributed by atoms with Crippen LogP contribution in [0.2, 0.25) is 0 Å². The van der Waals surface area contributed by atoms with Crippen molar-refractivity contribution < 1.29 is 14.3 Å². The minimum Gasteiger partial charge on any atom is -0.462 e. The van der Waals surface area contributed by atoms with E-state index in [1.807, 2.05) is 0 Å². The number of rotatable bonds is 8. The summed E-state index contributed by atoms with van der Waals surface area (Å²) in [5.41, 5.74) is 0.329.